The van der Waals surface area contributed by atoms with Gasteiger partial charge in [-0.2, -0.15) is 0 Å². The molecule has 1 aromatic carbocycles. The van der Waals surface area contributed by atoms with E-state index in [4.69, 9.17) is 11.5 Å². The number of allylic oxidation sites excluding steroid dienone is 1. The number of nitrogens with two attached hydrogens (primary N) is 2. The fourth-order valence-corrected chi connectivity index (χ4v) is 10.7. The highest BCUT2D eigenvalue weighted by molar-refractivity contribution is 5.98. The number of carbonyl (C=O) groups excluding carboxylic acids is 1. The van der Waals surface area contributed by atoms with Crippen LogP contribution in [0.4, 0.5) is 11.4 Å². The number of fused-ring (bicyclic) bond motifs is 5. The molecule has 4 aliphatic rings. The van der Waals surface area contributed by atoms with Gasteiger partial charge in [-0.15, -0.1) is 0 Å². The predicted molar refractivity (Wildman–Crippen MR) is 167 cm³/mol. The summed E-state index contributed by atoms with van der Waals surface area (Å²) in [6.07, 6.45) is 14.7. The van der Waals surface area contributed by atoms with E-state index in [2.05, 4.69) is 47.6 Å². The molecule has 0 saturated heterocycles. The van der Waals surface area contributed by atoms with E-state index >= 15 is 0 Å². The minimum Gasteiger partial charge on any atom is -0.399 e. The van der Waals surface area contributed by atoms with Gasteiger partial charge in [-0.1, -0.05) is 72.5 Å². The molecule has 9 unspecified atom stereocenters. The highest BCUT2D eigenvalue weighted by Crippen LogP contribution is 2.69. The van der Waals surface area contributed by atoms with Crippen molar-refractivity contribution in [1.82, 2.24) is 0 Å². The number of aliphatic hydroxyl groups excluding tert-OH is 1. The van der Waals surface area contributed by atoms with E-state index in [0.29, 0.717) is 34.7 Å². The van der Waals surface area contributed by atoms with Crippen LogP contribution in [-0.2, 0) is 0 Å². The van der Waals surface area contributed by atoms with E-state index in [1.807, 2.05) is 0 Å². The summed E-state index contributed by atoms with van der Waals surface area (Å²) in [6, 6.07) is 5.14. The average molecular weight is 549 g/mol. The van der Waals surface area contributed by atoms with Gasteiger partial charge in [0.1, 0.15) is 0 Å². The molecule has 4 aliphatic carbocycles. The Hall–Kier alpha value is -1.81. The summed E-state index contributed by atoms with van der Waals surface area (Å²) < 4.78 is 0. The van der Waals surface area contributed by atoms with Gasteiger partial charge in [0.25, 0.3) is 0 Å². The number of ketones is 1. The highest BCUT2D eigenvalue weighted by Gasteiger charge is 2.62. The summed E-state index contributed by atoms with van der Waals surface area (Å²) in [5, 5.41) is 11.4. The van der Waals surface area contributed by atoms with Gasteiger partial charge < -0.3 is 16.6 Å². The van der Waals surface area contributed by atoms with Crippen LogP contribution in [0.1, 0.15) is 123 Å². The van der Waals surface area contributed by atoms with Crippen molar-refractivity contribution in [3.63, 3.8) is 0 Å². The van der Waals surface area contributed by atoms with Gasteiger partial charge in [0.05, 0.1) is 6.10 Å². The number of carbonyl (C=O) groups is 1. The second kappa shape index (κ2) is 10.8. The molecule has 1 aromatic rings. The lowest BCUT2D eigenvalue weighted by Crippen LogP contribution is -2.55. The van der Waals surface area contributed by atoms with Crippen molar-refractivity contribution in [2.24, 2.45) is 51.8 Å². The predicted octanol–water partition coefficient (Wildman–Crippen LogP) is 8.44. The molecule has 5 N–H and O–H groups in total. The van der Waals surface area contributed by atoms with Crippen LogP contribution in [0.2, 0.25) is 0 Å². The zero-order valence-corrected chi connectivity index (χ0v) is 26.1. The molecule has 0 bridgehead atoms. The fourth-order valence-electron chi connectivity index (χ4n) is 10.7. The number of nitrogen functional groups attached to an aromatic ring is 2. The van der Waals surface area contributed by atoms with Crippen LogP contribution in [0, 0.1) is 51.8 Å². The molecule has 222 valence electrons. The molecule has 0 aromatic heterocycles. The van der Waals surface area contributed by atoms with E-state index in [-0.39, 0.29) is 11.2 Å². The van der Waals surface area contributed by atoms with Crippen molar-refractivity contribution < 1.29 is 9.90 Å². The molecule has 4 heteroatoms. The average Bonchev–Trinajstić information content (AvgIpc) is 3.23. The van der Waals surface area contributed by atoms with E-state index in [1.165, 1.54) is 50.5 Å². The lowest BCUT2D eigenvalue weighted by molar-refractivity contribution is -0.0813. The van der Waals surface area contributed by atoms with Gasteiger partial charge in [0, 0.05) is 28.8 Å². The van der Waals surface area contributed by atoms with E-state index < -0.39 is 11.5 Å². The molecule has 40 heavy (non-hydrogen) atoms. The van der Waals surface area contributed by atoms with Crippen LogP contribution in [0.5, 0.6) is 0 Å². The molecular formula is C36H56N2O2. The lowest BCUT2D eigenvalue weighted by Gasteiger charge is -2.61. The van der Waals surface area contributed by atoms with Gasteiger partial charge in [-0.05, 0) is 109 Å². The van der Waals surface area contributed by atoms with Crippen LogP contribution >= 0.6 is 0 Å². The van der Waals surface area contributed by atoms with Gasteiger partial charge in [0.2, 0.25) is 0 Å². The molecule has 3 saturated carbocycles. The zero-order chi connectivity index (χ0) is 29.0. The van der Waals surface area contributed by atoms with Gasteiger partial charge in [-0.3, -0.25) is 4.79 Å². The number of Topliss-reactive ketones (excluding diaryl/α,β-unsaturated/α-hetero) is 1. The van der Waals surface area contributed by atoms with Crippen molar-refractivity contribution >= 4 is 17.2 Å². The molecule has 9 atom stereocenters. The van der Waals surface area contributed by atoms with Crippen LogP contribution < -0.4 is 11.5 Å². The Morgan fingerprint density at radius 3 is 2.33 bits per heavy atom. The smallest absolute Gasteiger partial charge is 0.163 e. The van der Waals surface area contributed by atoms with Crippen molar-refractivity contribution in [2.75, 3.05) is 11.5 Å². The van der Waals surface area contributed by atoms with Gasteiger partial charge >= 0.3 is 0 Å². The Morgan fingerprint density at radius 2 is 1.65 bits per heavy atom. The first kappa shape index (κ1) is 29.7. The van der Waals surface area contributed by atoms with Gasteiger partial charge in [-0.25, -0.2) is 0 Å². The third-order valence-corrected chi connectivity index (χ3v) is 12.8. The summed E-state index contributed by atoms with van der Waals surface area (Å²) in [7, 11) is 0. The van der Waals surface area contributed by atoms with Crippen LogP contribution in [0.3, 0.4) is 0 Å². The second-order valence-corrected chi connectivity index (χ2v) is 15.6. The number of benzene rings is 1. The number of hydrogen-bond acceptors (Lipinski definition) is 4. The molecule has 0 spiro atoms. The van der Waals surface area contributed by atoms with Crippen LogP contribution in [-0.4, -0.2) is 17.0 Å². The Labute approximate surface area is 243 Å². The van der Waals surface area contributed by atoms with Crippen molar-refractivity contribution in [3.05, 3.63) is 35.4 Å². The lowest BCUT2D eigenvalue weighted by atomic mass is 9.43. The SMILES string of the molecule is CC(C)CCCC(C)C1CCC2C3CC=C4C(C)(CC(=O)c5cc(N)cc(N)c5)C(O)CCC4(C)C3CCC12C. The second-order valence-electron chi connectivity index (χ2n) is 15.6. The molecule has 0 heterocycles. The number of rotatable bonds is 8. The number of anilines is 2. The topological polar surface area (TPSA) is 89.3 Å². The summed E-state index contributed by atoms with van der Waals surface area (Å²) >= 11 is 0. The van der Waals surface area contributed by atoms with Crippen LogP contribution in [0.15, 0.2) is 29.8 Å². The van der Waals surface area contributed by atoms with Crippen molar-refractivity contribution in [3.8, 4) is 0 Å². The Balaban J connectivity index is 1.38. The zero-order valence-electron chi connectivity index (χ0n) is 26.1. The molecule has 0 radical (unpaired) electrons. The van der Waals surface area contributed by atoms with Gasteiger partial charge in [0.15, 0.2) is 5.78 Å². The maximum absolute atomic E-state index is 13.6. The molecule has 0 amide bonds. The van der Waals surface area contributed by atoms with Crippen LogP contribution in [0.25, 0.3) is 0 Å². The molecule has 3 fully saturated rings. The minimum atomic E-state index is -0.557. The third kappa shape index (κ3) is 4.95. The molecule has 4 nitrogen and oxygen atoms in total. The first-order valence-corrected chi connectivity index (χ1v) is 16.4. The largest absolute Gasteiger partial charge is 0.399 e. The normalized spacial score (nSPS) is 39.7. The van der Waals surface area contributed by atoms with Crippen molar-refractivity contribution in [1.29, 1.82) is 0 Å². The minimum absolute atomic E-state index is 0.0223. The maximum Gasteiger partial charge on any atom is 0.163 e. The maximum atomic E-state index is 13.6. The molecule has 5 rings (SSSR count). The highest BCUT2D eigenvalue weighted by atomic mass is 16.3. The van der Waals surface area contributed by atoms with E-state index in [0.717, 1.165) is 48.9 Å². The molecular weight excluding hydrogens is 492 g/mol. The first-order chi connectivity index (χ1) is 18.8. The summed E-state index contributed by atoms with van der Waals surface area (Å²) in [5.74, 6) is 4.66. The first-order valence-electron chi connectivity index (χ1n) is 16.4. The number of hydrogen-bond donors (Lipinski definition) is 3. The van der Waals surface area contributed by atoms with E-state index in [1.54, 1.807) is 18.2 Å². The monoisotopic (exact) mass is 548 g/mol. The fraction of sp³-hybridized carbons (Fsp3) is 0.750. The van der Waals surface area contributed by atoms with E-state index in [9.17, 15) is 9.90 Å². The standard InChI is InChI=1S/C36H56N2O2/c1-22(2)8-7-9-23(3)28-11-12-29-27-10-13-32-35(5,30(27)14-16-34(28,29)4)17-15-33(40)36(32,6)21-31(39)24-18-25(37)20-26(38)19-24/h13,18-20,22-23,27-30,33,40H,7-12,14-17,21,37-38H2,1-6H3. The Kier molecular flexibility index (Phi) is 8.00. The number of aliphatic hydroxyl groups is 1. The van der Waals surface area contributed by atoms with Crippen molar-refractivity contribution in [2.45, 2.75) is 118 Å². The Morgan fingerprint density at radius 1 is 0.950 bits per heavy atom. The molecule has 0 aliphatic heterocycles. The summed E-state index contributed by atoms with van der Waals surface area (Å²) in [6.45, 7) is 14.5. The third-order valence-electron chi connectivity index (χ3n) is 12.8. The quantitative estimate of drug-likeness (QED) is 0.173. The summed E-state index contributed by atoms with van der Waals surface area (Å²) in [5.41, 5.74) is 14.9. The Bertz CT molecular complexity index is 1120. The summed E-state index contributed by atoms with van der Waals surface area (Å²) in [4.78, 5) is 13.6.